The first-order valence-corrected chi connectivity index (χ1v) is 5.38. The van der Waals surface area contributed by atoms with Gasteiger partial charge in [-0.3, -0.25) is 0 Å². The smallest absolute Gasteiger partial charge is 0.106 e. The van der Waals surface area contributed by atoms with Crippen LogP contribution in [0, 0.1) is 12.3 Å². The molecule has 0 fully saturated rings. The Balaban J connectivity index is 2.22. The van der Waals surface area contributed by atoms with Gasteiger partial charge in [0.15, 0.2) is 0 Å². The summed E-state index contributed by atoms with van der Waals surface area (Å²) in [4.78, 5) is 4.30. The average Bonchev–Trinajstić information content (AvgIpc) is 2.18. The first-order chi connectivity index (χ1) is 6.83. The summed E-state index contributed by atoms with van der Waals surface area (Å²) in [5.41, 5.74) is 1.04. The molecule has 0 amide bonds. The van der Waals surface area contributed by atoms with E-state index in [1.165, 1.54) is 0 Å². The van der Waals surface area contributed by atoms with Gasteiger partial charge in [-0.25, -0.2) is 4.98 Å². The van der Waals surface area contributed by atoms with E-state index in [0.717, 1.165) is 36.2 Å². The maximum absolute atomic E-state index is 5.15. The quantitative estimate of drug-likeness (QED) is 0.495. The fourth-order valence-corrected chi connectivity index (χ4v) is 1.46. The summed E-state index contributed by atoms with van der Waals surface area (Å²) < 4.78 is 0.875. The van der Waals surface area contributed by atoms with Gasteiger partial charge in [-0.15, -0.1) is 12.3 Å². The molecule has 0 saturated heterocycles. The van der Waals surface area contributed by atoms with Crippen LogP contribution >= 0.6 is 15.9 Å². The minimum atomic E-state index is 0.796. The third-order valence-electron chi connectivity index (χ3n) is 1.75. The molecule has 14 heavy (non-hydrogen) atoms. The van der Waals surface area contributed by atoms with Gasteiger partial charge in [0, 0.05) is 13.0 Å². The summed E-state index contributed by atoms with van der Waals surface area (Å²) in [5.74, 6) is 2.61. The van der Waals surface area contributed by atoms with E-state index in [2.05, 4.69) is 32.2 Å². The number of rotatable bonds is 5. The molecule has 0 radical (unpaired) electrons. The molecule has 0 aliphatic carbocycles. The molecule has 1 aromatic rings. The maximum atomic E-state index is 5.15. The summed E-state index contributed by atoms with van der Waals surface area (Å²) in [6.45, 7) is 1.74. The molecule has 0 unspecified atom stereocenters. The third kappa shape index (κ3) is 4.40. The van der Waals surface area contributed by atoms with Gasteiger partial charge in [0.05, 0.1) is 5.69 Å². The molecule has 1 rings (SSSR count). The minimum absolute atomic E-state index is 0.796. The Morgan fingerprint density at radius 2 is 2.36 bits per heavy atom. The van der Waals surface area contributed by atoms with Crippen molar-refractivity contribution in [2.75, 3.05) is 6.54 Å². The molecular formula is C11H13BrN2. The molecular weight excluding hydrogens is 240 g/mol. The second-order valence-electron chi connectivity index (χ2n) is 2.94. The fourth-order valence-electron chi connectivity index (χ4n) is 1.08. The molecule has 0 aromatic carbocycles. The highest BCUT2D eigenvalue weighted by Gasteiger charge is 1.94. The topological polar surface area (TPSA) is 24.9 Å². The summed E-state index contributed by atoms with van der Waals surface area (Å²) in [5, 5.41) is 3.28. The maximum Gasteiger partial charge on any atom is 0.106 e. The highest BCUT2D eigenvalue weighted by molar-refractivity contribution is 9.10. The molecule has 1 aromatic heterocycles. The number of hydrogen-bond acceptors (Lipinski definition) is 2. The van der Waals surface area contributed by atoms with Gasteiger partial charge >= 0.3 is 0 Å². The number of aromatic nitrogens is 1. The predicted octanol–water partition coefficient (Wildman–Crippen LogP) is 2.35. The molecule has 1 N–H and O–H groups in total. The first kappa shape index (κ1) is 11.2. The fraction of sp³-hybridized carbons (Fsp3) is 0.364. The van der Waals surface area contributed by atoms with E-state index in [0.29, 0.717) is 0 Å². The molecule has 0 aliphatic rings. The van der Waals surface area contributed by atoms with Crippen molar-refractivity contribution in [1.29, 1.82) is 0 Å². The summed E-state index contributed by atoms with van der Waals surface area (Å²) in [6, 6.07) is 5.90. The number of hydrogen-bond donors (Lipinski definition) is 1. The van der Waals surface area contributed by atoms with Crippen LogP contribution in [-0.2, 0) is 6.54 Å². The van der Waals surface area contributed by atoms with E-state index < -0.39 is 0 Å². The molecule has 74 valence electrons. The van der Waals surface area contributed by atoms with Crippen molar-refractivity contribution in [3.05, 3.63) is 28.5 Å². The average molecular weight is 253 g/mol. The van der Waals surface area contributed by atoms with E-state index in [1.54, 1.807) is 0 Å². The van der Waals surface area contributed by atoms with Crippen LogP contribution in [0.4, 0.5) is 0 Å². The molecule has 0 saturated carbocycles. The van der Waals surface area contributed by atoms with Crippen LogP contribution in [0.2, 0.25) is 0 Å². The number of nitrogens with one attached hydrogen (secondary N) is 1. The third-order valence-corrected chi connectivity index (χ3v) is 2.20. The van der Waals surface area contributed by atoms with Crippen molar-refractivity contribution in [3.8, 4) is 12.3 Å². The molecule has 1 heterocycles. The Hall–Kier alpha value is -0.850. The van der Waals surface area contributed by atoms with E-state index in [9.17, 15) is 0 Å². The first-order valence-electron chi connectivity index (χ1n) is 4.58. The Morgan fingerprint density at radius 1 is 1.50 bits per heavy atom. The van der Waals surface area contributed by atoms with Crippen molar-refractivity contribution < 1.29 is 0 Å². The second kappa shape index (κ2) is 6.58. The predicted molar refractivity (Wildman–Crippen MR) is 61.7 cm³/mol. The van der Waals surface area contributed by atoms with Crippen LogP contribution in [0.5, 0.6) is 0 Å². The lowest BCUT2D eigenvalue weighted by Crippen LogP contribution is -2.15. The SMILES string of the molecule is C#CCCCNCc1cccc(Br)n1. The van der Waals surface area contributed by atoms with Gasteiger partial charge < -0.3 is 5.32 Å². The lowest BCUT2D eigenvalue weighted by atomic mass is 10.3. The molecule has 3 heteroatoms. The Kier molecular flexibility index (Phi) is 5.28. The highest BCUT2D eigenvalue weighted by Crippen LogP contribution is 2.05. The van der Waals surface area contributed by atoms with Gasteiger partial charge in [-0.1, -0.05) is 6.07 Å². The zero-order valence-electron chi connectivity index (χ0n) is 7.96. The molecule has 0 aliphatic heterocycles. The molecule has 0 atom stereocenters. The highest BCUT2D eigenvalue weighted by atomic mass is 79.9. The monoisotopic (exact) mass is 252 g/mol. The number of unbranched alkanes of at least 4 members (excludes halogenated alkanes) is 1. The number of pyridine rings is 1. The van der Waals surface area contributed by atoms with E-state index >= 15 is 0 Å². The summed E-state index contributed by atoms with van der Waals surface area (Å²) >= 11 is 3.33. The normalized spacial score (nSPS) is 9.71. The van der Waals surface area contributed by atoms with Gasteiger partial charge in [-0.05, 0) is 41.0 Å². The van der Waals surface area contributed by atoms with E-state index in [-0.39, 0.29) is 0 Å². The van der Waals surface area contributed by atoms with Crippen molar-refractivity contribution in [2.45, 2.75) is 19.4 Å². The molecule has 2 nitrogen and oxygen atoms in total. The van der Waals surface area contributed by atoms with Gasteiger partial charge in [0.2, 0.25) is 0 Å². The Labute approximate surface area is 93.3 Å². The van der Waals surface area contributed by atoms with E-state index in [1.807, 2.05) is 18.2 Å². The number of halogens is 1. The standard InChI is InChI=1S/C11H13BrN2/c1-2-3-4-8-13-9-10-6-5-7-11(12)14-10/h1,5-7,13H,3-4,8-9H2. The van der Waals surface area contributed by atoms with Crippen LogP contribution in [0.3, 0.4) is 0 Å². The largest absolute Gasteiger partial charge is 0.311 e. The summed E-state index contributed by atoms with van der Waals surface area (Å²) in [6.07, 6.45) is 7.00. The lowest BCUT2D eigenvalue weighted by Gasteiger charge is -2.02. The number of nitrogens with zero attached hydrogens (tertiary/aromatic N) is 1. The second-order valence-corrected chi connectivity index (χ2v) is 3.75. The zero-order chi connectivity index (χ0) is 10.2. The van der Waals surface area contributed by atoms with Crippen LogP contribution in [-0.4, -0.2) is 11.5 Å². The Bertz CT molecular complexity index is 317. The lowest BCUT2D eigenvalue weighted by molar-refractivity contribution is 0.649. The van der Waals surface area contributed by atoms with Gasteiger partial charge in [-0.2, -0.15) is 0 Å². The van der Waals surface area contributed by atoms with Crippen LogP contribution in [0.25, 0.3) is 0 Å². The van der Waals surface area contributed by atoms with E-state index in [4.69, 9.17) is 6.42 Å². The molecule has 0 bridgehead atoms. The summed E-state index contributed by atoms with van der Waals surface area (Å²) in [7, 11) is 0. The van der Waals surface area contributed by atoms with Crippen LogP contribution < -0.4 is 5.32 Å². The zero-order valence-corrected chi connectivity index (χ0v) is 9.55. The minimum Gasteiger partial charge on any atom is -0.311 e. The Morgan fingerprint density at radius 3 is 3.07 bits per heavy atom. The van der Waals surface area contributed by atoms with Crippen LogP contribution in [0.1, 0.15) is 18.5 Å². The van der Waals surface area contributed by atoms with Crippen molar-refractivity contribution in [1.82, 2.24) is 10.3 Å². The van der Waals surface area contributed by atoms with Gasteiger partial charge in [0.25, 0.3) is 0 Å². The van der Waals surface area contributed by atoms with Crippen molar-refractivity contribution in [2.24, 2.45) is 0 Å². The van der Waals surface area contributed by atoms with Crippen LogP contribution in [0.15, 0.2) is 22.8 Å². The molecule has 0 spiro atoms. The van der Waals surface area contributed by atoms with Crippen molar-refractivity contribution in [3.63, 3.8) is 0 Å². The number of terminal acetylenes is 1. The van der Waals surface area contributed by atoms with Crippen molar-refractivity contribution >= 4 is 15.9 Å². The van der Waals surface area contributed by atoms with Gasteiger partial charge in [0.1, 0.15) is 4.60 Å².